The zero-order valence-corrected chi connectivity index (χ0v) is 16.2. The number of rotatable bonds is 9. The van der Waals surface area contributed by atoms with Gasteiger partial charge in [0.25, 0.3) is 12.3 Å². The van der Waals surface area contributed by atoms with Crippen molar-refractivity contribution in [2.45, 2.75) is 46.1 Å². The van der Waals surface area contributed by atoms with Crippen molar-refractivity contribution in [1.82, 2.24) is 10.3 Å². The van der Waals surface area contributed by atoms with E-state index in [1.807, 2.05) is 13.0 Å². The molecule has 1 N–H and O–H groups in total. The minimum Gasteiger partial charge on any atom is -0.488 e. The predicted molar refractivity (Wildman–Crippen MR) is 102 cm³/mol. The number of nitrogens with zero attached hydrogens (tertiary/aromatic N) is 1. The Balaban J connectivity index is 2.10. The van der Waals surface area contributed by atoms with Gasteiger partial charge in [0.05, 0.1) is 6.04 Å². The summed E-state index contributed by atoms with van der Waals surface area (Å²) in [6, 6.07) is 7.98. The van der Waals surface area contributed by atoms with Crippen LogP contribution in [0.4, 0.5) is 8.78 Å². The molecule has 1 aromatic carbocycles. The number of ether oxygens (including phenoxy) is 1. The standard InChI is InChI=1S/C21H24F2N2O3/c1-4-18(26)11-17-9-15(5-6-24-17)21(27)25-14(3)16-7-13(2)8-19(10-16)28-12-20(22)23/h5-10,14,20H,4,11-12H2,1-3H3,(H,25,27). The third-order valence-electron chi connectivity index (χ3n) is 4.15. The Morgan fingerprint density at radius 3 is 2.64 bits per heavy atom. The number of nitrogens with one attached hydrogen (secondary N) is 1. The van der Waals surface area contributed by atoms with Gasteiger partial charge in [-0.25, -0.2) is 8.78 Å². The quantitative estimate of drug-likeness (QED) is 0.702. The molecule has 1 amide bonds. The maximum absolute atomic E-state index is 12.6. The Morgan fingerprint density at radius 1 is 1.21 bits per heavy atom. The zero-order chi connectivity index (χ0) is 20.7. The molecule has 5 nitrogen and oxygen atoms in total. The highest BCUT2D eigenvalue weighted by molar-refractivity contribution is 5.94. The average molecular weight is 390 g/mol. The first kappa shape index (κ1) is 21.5. The van der Waals surface area contributed by atoms with Gasteiger partial charge in [0.2, 0.25) is 0 Å². The number of halogens is 2. The highest BCUT2D eigenvalue weighted by Crippen LogP contribution is 2.22. The van der Waals surface area contributed by atoms with E-state index in [0.717, 1.165) is 11.1 Å². The van der Waals surface area contributed by atoms with E-state index >= 15 is 0 Å². The number of Topliss-reactive ketones (excluding diaryl/α,β-unsaturated/α-hetero) is 1. The molecule has 1 heterocycles. The van der Waals surface area contributed by atoms with E-state index < -0.39 is 13.0 Å². The van der Waals surface area contributed by atoms with E-state index in [-0.39, 0.29) is 24.2 Å². The van der Waals surface area contributed by atoms with Gasteiger partial charge in [-0.3, -0.25) is 14.6 Å². The van der Waals surface area contributed by atoms with Crippen LogP contribution in [0.2, 0.25) is 0 Å². The lowest BCUT2D eigenvalue weighted by atomic mass is 10.0. The van der Waals surface area contributed by atoms with Crippen molar-refractivity contribution in [3.63, 3.8) is 0 Å². The van der Waals surface area contributed by atoms with E-state index in [1.165, 1.54) is 6.20 Å². The van der Waals surface area contributed by atoms with Gasteiger partial charge in [0, 0.05) is 30.3 Å². The first-order valence-electron chi connectivity index (χ1n) is 9.08. The van der Waals surface area contributed by atoms with Crippen LogP contribution in [0.1, 0.15) is 53.5 Å². The van der Waals surface area contributed by atoms with Gasteiger partial charge in [-0.1, -0.05) is 13.0 Å². The Morgan fingerprint density at radius 2 is 1.96 bits per heavy atom. The molecule has 1 unspecified atom stereocenters. The minimum atomic E-state index is -2.55. The summed E-state index contributed by atoms with van der Waals surface area (Å²) >= 11 is 0. The average Bonchev–Trinajstić information content (AvgIpc) is 2.66. The predicted octanol–water partition coefficient (Wildman–Crippen LogP) is 4.05. The van der Waals surface area contributed by atoms with Crippen molar-refractivity contribution >= 4 is 11.7 Å². The molecular formula is C21H24F2N2O3. The molecule has 0 aliphatic carbocycles. The second kappa shape index (κ2) is 9.92. The summed E-state index contributed by atoms with van der Waals surface area (Å²) in [6.45, 7) is 4.72. The summed E-state index contributed by atoms with van der Waals surface area (Å²) in [4.78, 5) is 28.3. The largest absolute Gasteiger partial charge is 0.488 e. The van der Waals surface area contributed by atoms with Crippen molar-refractivity contribution in [1.29, 1.82) is 0 Å². The van der Waals surface area contributed by atoms with E-state index in [9.17, 15) is 18.4 Å². The van der Waals surface area contributed by atoms with Crippen LogP contribution in [0, 0.1) is 6.92 Å². The summed E-state index contributed by atoms with van der Waals surface area (Å²) in [5, 5.41) is 2.87. The summed E-state index contributed by atoms with van der Waals surface area (Å²) in [5.74, 6) is 0.0758. The van der Waals surface area contributed by atoms with Crippen LogP contribution in [0.15, 0.2) is 36.5 Å². The number of benzene rings is 1. The van der Waals surface area contributed by atoms with E-state index in [0.29, 0.717) is 23.4 Å². The number of carbonyl (C=O) groups excluding carboxylic acids is 2. The number of aryl methyl sites for hydroxylation is 1. The Labute approximate surface area is 163 Å². The molecule has 0 radical (unpaired) electrons. The normalized spacial score (nSPS) is 11.9. The smallest absolute Gasteiger partial charge is 0.272 e. The second-order valence-electron chi connectivity index (χ2n) is 6.58. The number of amides is 1. The molecule has 0 bridgehead atoms. The molecule has 2 aromatic rings. The SMILES string of the molecule is CCC(=O)Cc1cc(C(=O)NC(C)c2cc(C)cc(OCC(F)F)c2)ccn1. The topological polar surface area (TPSA) is 68.3 Å². The molecule has 0 fully saturated rings. The van der Waals surface area contributed by atoms with Gasteiger partial charge in [-0.2, -0.15) is 0 Å². The van der Waals surface area contributed by atoms with Gasteiger partial charge in [-0.05, 0) is 49.2 Å². The highest BCUT2D eigenvalue weighted by Gasteiger charge is 2.15. The molecule has 0 aliphatic rings. The van der Waals surface area contributed by atoms with Gasteiger partial charge >= 0.3 is 0 Å². The molecule has 0 aliphatic heterocycles. The van der Waals surface area contributed by atoms with Crippen LogP contribution >= 0.6 is 0 Å². The molecule has 7 heteroatoms. The molecule has 150 valence electrons. The van der Waals surface area contributed by atoms with Gasteiger partial charge in [0.15, 0.2) is 0 Å². The lowest BCUT2D eigenvalue weighted by molar-refractivity contribution is -0.118. The van der Waals surface area contributed by atoms with E-state index in [4.69, 9.17) is 4.74 Å². The van der Waals surface area contributed by atoms with Gasteiger partial charge in [-0.15, -0.1) is 0 Å². The van der Waals surface area contributed by atoms with Crippen molar-refractivity contribution in [2.75, 3.05) is 6.61 Å². The molecule has 0 saturated carbocycles. The number of carbonyl (C=O) groups is 2. The molecule has 28 heavy (non-hydrogen) atoms. The van der Waals surface area contributed by atoms with Crippen molar-refractivity contribution in [2.24, 2.45) is 0 Å². The highest BCUT2D eigenvalue weighted by atomic mass is 19.3. The number of hydrogen-bond donors (Lipinski definition) is 1. The van der Waals surface area contributed by atoms with E-state index in [2.05, 4.69) is 10.3 Å². The van der Waals surface area contributed by atoms with Crippen LogP contribution in [0.25, 0.3) is 0 Å². The number of alkyl halides is 2. The third kappa shape index (κ3) is 6.40. The van der Waals surface area contributed by atoms with Crippen LogP contribution in [-0.2, 0) is 11.2 Å². The van der Waals surface area contributed by atoms with Crippen LogP contribution < -0.4 is 10.1 Å². The fraction of sp³-hybridized carbons (Fsp3) is 0.381. The van der Waals surface area contributed by atoms with E-state index in [1.54, 1.807) is 38.1 Å². The van der Waals surface area contributed by atoms with Gasteiger partial charge in [0.1, 0.15) is 18.1 Å². The summed E-state index contributed by atoms with van der Waals surface area (Å²) < 4.78 is 29.8. The number of pyridine rings is 1. The number of aromatic nitrogens is 1. The third-order valence-corrected chi connectivity index (χ3v) is 4.15. The zero-order valence-electron chi connectivity index (χ0n) is 16.2. The number of hydrogen-bond acceptors (Lipinski definition) is 4. The summed E-state index contributed by atoms with van der Waals surface area (Å²) in [5.41, 5.74) is 2.54. The van der Waals surface area contributed by atoms with Crippen LogP contribution in [-0.4, -0.2) is 29.7 Å². The molecule has 1 atom stereocenters. The molecular weight excluding hydrogens is 366 g/mol. The first-order chi connectivity index (χ1) is 13.3. The monoisotopic (exact) mass is 390 g/mol. The number of ketones is 1. The fourth-order valence-electron chi connectivity index (χ4n) is 2.68. The van der Waals surface area contributed by atoms with Crippen molar-refractivity contribution in [3.05, 3.63) is 58.9 Å². The second-order valence-corrected chi connectivity index (χ2v) is 6.58. The maximum Gasteiger partial charge on any atom is 0.272 e. The fourth-order valence-corrected chi connectivity index (χ4v) is 2.68. The minimum absolute atomic E-state index is 0.0505. The maximum atomic E-state index is 12.6. The van der Waals surface area contributed by atoms with Crippen molar-refractivity contribution in [3.8, 4) is 5.75 Å². The molecule has 0 spiro atoms. The lowest BCUT2D eigenvalue weighted by Crippen LogP contribution is -2.27. The Bertz CT molecular complexity index is 840. The molecule has 2 rings (SSSR count). The Kier molecular flexibility index (Phi) is 7.61. The van der Waals surface area contributed by atoms with Gasteiger partial charge < -0.3 is 10.1 Å². The summed E-state index contributed by atoms with van der Waals surface area (Å²) in [6.07, 6.45) is -0.448. The van der Waals surface area contributed by atoms with Crippen LogP contribution in [0.3, 0.4) is 0 Å². The van der Waals surface area contributed by atoms with Crippen molar-refractivity contribution < 1.29 is 23.1 Å². The lowest BCUT2D eigenvalue weighted by Gasteiger charge is -2.17. The first-order valence-corrected chi connectivity index (χ1v) is 9.08. The summed E-state index contributed by atoms with van der Waals surface area (Å²) in [7, 11) is 0. The van der Waals surface area contributed by atoms with Crippen LogP contribution in [0.5, 0.6) is 5.75 Å². The molecule has 0 saturated heterocycles. The Hall–Kier alpha value is -2.83. The molecule has 1 aromatic heterocycles.